The van der Waals surface area contributed by atoms with Crippen molar-refractivity contribution >= 4 is 11.6 Å². The highest BCUT2D eigenvalue weighted by Gasteiger charge is 2.46. The molecule has 24 heavy (non-hydrogen) atoms. The summed E-state index contributed by atoms with van der Waals surface area (Å²) < 4.78 is 5.54. The molecule has 0 aromatic heterocycles. The summed E-state index contributed by atoms with van der Waals surface area (Å²) in [7, 11) is 0. The van der Waals surface area contributed by atoms with E-state index < -0.39 is 0 Å². The first-order valence-corrected chi connectivity index (χ1v) is 9.29. The van der Waals surface area contributed by atoms with Crippen molar-refractivity contribution in [2.75, 3.05) is 6.61 Å². The van der Waals surface area contributed by atoms with E-state index in [1.165, 1.54) is 43.4 Å². The highest BCUT2D eigenvalue weighted by Crippen LogP contribution is 2.52. The SMILES string of the molecule is CCc1ccc(OCC(=O)NN=C2C3CC4CC(C3)CC2C4)cc1. The van der Waals surface area contributed by atoms with Crippen molar-refractivity contribution in [3.8, 4) is 5.75 Å². The first kappa shape index (κ1) is 15.7. The van der Waals surface area contributed by atoms with Crippen molar-refractivity contribution in [2.24, 2.45) is 28.8 Å². The van der Waals surface area contributed by atoms with Gasteiger partial charge < -0.3 is 4.74 Å². The number of rotatable bonds is 5. The van der Waals surface area contributed by atoms with Crippen molar-refractivity contribution < 1.29 is 9.53 Å². The fourth-order valence-corrected chi connectivity index (χ4v) is 4.98. The third-order valence-electron chi connectivity index (χ3n) is 5.99. The maximum atomic E-state index is 12.0. The Morgan fingerprint density at radius 3 is 2.29 bits per heavy atom. The molecular weight excluding hydrogens is 300 g/mol. The lowest BCUT2D eigenvalue weighted by Gasteiger charge is -2.50. The summed E-state index contributed by atoms with van der Waals surface area (Å²) in [6.45, 7) is 2.13. The Bertz CT molecular complexity index is 606. The second-order valence-electron chi connectivity index (χ2n) is 7.66. The number of nitrogens with zero attached hydrogens (tertiary/aromatic N) is 1. The van der Waals surface area contributed by atoms with Crippen LogP contribution in [0, 0.1) is 23.7 Å². The fourth-order valence-electron chi connectivity index (χ4n) is 4.98. The summed E-state index contributed by atoms with van der Waals surface area (Å²) in [4.78, 5) is 12.0. The number of carbonyl (C=O) groups is 1. The van der Waals surface area contributed by atoms with Gasteiger partial charge in [0.15, 0.2) is 6.61 Å². The minimum Gasteiger partial charge on any atom is -0.484 e. The Labute approximate surface area is 143 Å². The largest absolute Gasteiger partial charge is 0.484 e. The molecule has 0 atom stereocenters. The van der Waals surface area contributed by atoms with E-state index in [0.717, 1.165) is 24.0 Å². The zero-order chi connectivity index (χ0) is 16.5. The summed E-state index contributed by atoms with van der Waals surface area (Å²) >= 11 is 0. The van der Waals surface area contributed by atoms with Crippen LogP contribution < -0.4 is 10.2 Å². The Morgan fingerprint density at radius 2 is 1.71 bits per heavy atom. The molecule has 0 radical (unpaired) electrons. The van der Waals surface area contributed by atoms with Gasteiger partial charge in [0, 0.05) is 5.71 Å². The Morgan fingerprint density at radius 1 is 1.08 bits per heavy atom. The van der Waals surface area contributed by atoms with Crippen LogP contribution in [0.3, 0.4) is 0 Å². The molecule has 4 aliphatic rings. The Balaban J connectivity index is 1.30. The number of ether oxygens (including phenoxy) is 1. The molecule has 0 spiro atoms. The van der Waals surface area contributed by atoms with Crippen molar-refractivity contribution in [1.29, 1.82) is 0 Å². The summed E-state index contributed by atoms with van der Waals surface area (Å²) in [5, 5.41) is 4.50. The van der Waals surface area contributed by atoms with Crippen molar-refractivity contribution in [1.82, 2.24) is 5.43 Å². The van der Waals surface area contributed by atoms with Gasteiger partial charge >= 0.3 is 0 Å². The average molecular weight is 326 g/mol. The van der Waals surface area contributed by atoms with Crippen LogP contribution in [-0.2, 0) is 11.2 Å². The summed E-state index contributed by atoms with van der Waals surface area (Å²) in [5.74, 6) is 3.61. The van der Waals surface area contributed by atoms with Gasteiger partial charge in [0.2, 0.25) is 0 Å². The smallest absolute Gasteiger partial charge is 0.277 e. The van der Waals surface area contributed by atoms with Gasteiger partial charge in [0.25, 0.3) is 5.91 Å². The standard InChI is InChI=1S/C20H26N2O2/c1-2-13-3-5-18(6-4-13)24-12-19(23)21-22-20-16-8-14-7-15(10-16)11-17(20)9-14/h3-6,14-17H,2,7-12H2,1H3,(H,21,23). The molecule has 0 heterocycles. The molecule has 4 aliphatic carbocycles. The van der Waals surface area contributed by atoms with Crippen molar-refractivity contribution in [3.63, 3.8) is 0 Å². The Hall–Kier alpha value is -1.84. The van der Waals surface area contributed by atoms with Crippen LogP contribution in [0.4, 0.5) is 0 Å². The van der Waals surface area contributed by atoms with E-state index >= 15 is 0 Å². The van der Waals surface area contributed by atoms with Crippen molar-refractivity contribution in [3.05, 3.63) is 29.8 Å². The average Bonchev–Trinajstić information content (AvgIpc) is 2.59. The predicted octanol–water partition coefficient (Wildman–Crippen LogP) is 3.56. The quantitative estimate of drug-likeness (QED) is 0.841. The summed E-state index contributed by atoms with van der Waals surface area (Å²) in [6, 6.07) is 7.88. The van der Waals surface area contributed by atoms with Crippen LogP contribution in [0.1, 0.15) is 44.6 Å². The zero-order valence-electron chi connectivity index (χ0n) is 14.3. The molecule has 128 valence electrons. The normalized spacial score (nSPS) is 30.3. The third-order valence-corrected chi connectivity index (χ3v) is 5.99. The monoisotopic (exact) mass is 326 g/mol. The number of hydrogen-bond donors (Lipinski definition) is 1. The second kappa shape index (κ2) is 6.58. The first-order chi connectivity index (χ1) is 11.7. The van der Waals surface area contributed by atoms with Crippen LogP contribution in [0.2, 0.25) is 0 Å². The van der Waals surface area contributed by atoms with Crippen LogP contribution in [-0.4, -0.2) is 18.2 Å². The van der Waals surface area contributed by atoms with Gasteiger partial charge in [-0.25, -0.2) is 5.43 Å². The molecule has 0 aliphatic heterocycles. The van der Waals surface area contributed by atoms with Crippen LogP contribution in [0.5, 0.6) is 5.75 Å². The third kappa shape index (κ3) is 3.19. The maximum Gasteiger partial charge on any atom is 0.277 e. The molecule has 0 unspecified atom stereocenters. The highest BCUT2D eigenvalue weighted by molar-refractivity contribution is 5.92. The van der Waals surface area contributed by atoms with Gasteiger partial charge in [-0.15, -0.1) is 0 Å². The lowest BCUT2D eigenvalue weighted by Crippen LogP contribution is -2.46. The van der Waals surface area contributed by atoms with Crippen LogP contribution in [0.15, 0.2) is 29.4 Å². The number of hydrazone groups is 1. The lowest BCUT2D eigenvalue weighted by atomic mass is 9.55. The number of nitrogens with one attached hydrogen (secondary N) is 1. The van der Waals surface area contributed by atoms with Crippen molar-refractivity contribution in [2.45, 2.75) is 45.4 Å². The number of carbonyl (C=O) groups excluding carboxylic acids is 1. The molecule has 4 nitrogen and oxygen atoms in total. The molecule has 4 saturated carbocycles. The van der Waals surface area contributed by atoms with Gasteiger partial charge in [0.05, 0.1) is 0 Å². The number of hydrogen-bond acceptors (Lipinski definition) is 3. The second-order valence-corrected chi connectivity index (χ2v) is 7.66. The van der Waals surface area contributed by atoms with E-state index in [9.17, 15) is 4.79 Å². The topological polar surface area (TPSA) is 50.7 Å². The highest BCUT2D eigenvalue weighted by atomic mass is 16.5. The number of aryl methyl sites for hydroxylation is 1. The molecule has 4 fully saturated rings. The molecule has 4 bridgehead atoms. The van der Waals surface area contributed by atoms with Gasteiger partial charge in [-0.1, -0.05) is 19.1 Å². The molecule has 1 N–H and O–H groups in total. The van der Waals surface area contributed by atoms with E-state index in [0.29, 0.717) is 11.8 Å². The van der Waals surface area contributed by atoms with Crippen LogP contribution >= 0.6 is 0 Å². The molecule has 0 saturated heterocycles. The van der Waals surface area contributed by atoms with Gasteiger partial charge in [-0.05, 0) is 79.9 Å². The molecule has 4 heteroatoms. The van der Waals surface area contributed by atoms with E-state index in [1.54, 1.807) is 0 Å². The lowest BCUT2D eigenvalue weighted by molar-refractivity contribution is -0.123. The Kier molecular flexibility index (Phi) is 4.30. The van der Waals surface area contributed by atoms with Gasteiger partial charge in [0.1, 0.15) is 5.75 Å². The minimum absolute atomic E-state index is 0.0167. The van der Waals surface area contributed by atoms with E-state index in [1.807, 2.05) is 24.3 Å². The number of amides is 1. The summed E-state index contributed by atoms with van der Waals surface area (Å²) in [5.41, 5.74) is 5.24. The maximum absolute atomic E-state index is 12.0. The zero-order valence-corrected chi connectivity index (χ0v) is 14.3. The molecular formula is C20H26N2O2. The van der Waals surface area contributed by atoms with E-state index in [-0.39, 0.29) is 12.5 Å². The molecule has 1 amide bonds. The molecule has 5 rings (SSSR count). The van der Waals surface area contributed by atoms with Gasteiger partial charge in [-0.3, -0.25) is 4.79 Å². The number of benzene rings is 1. The molecule has 1 aromatic rings. The predicted molar refractivity (Wildman–Crippen MR) is 93.9 cm³/mol. The first-order valence-electron chi connectivity index (χ1n) is 9.29. The summed E-state index contributed by atoms with van der Waals surface area (Å²) in [6.07, 6.45) is 7.55. The molecule has 1 aromatic carbocycles. The van der Waals surface area contributed by atoms with E-state index in [4.69, 9.17) is 4.74 Å². The fraction of sp³-hybridized carbons (Fsp3) is 0.600. The van der Waals surface area contributed by atoms with E-state index in [2.05, 4.69) is 17.5 Å². The minimum atomic E-state index is -0.170. The van der Waals surface area contributed by atoms with Crippen LogP contribution in [0.25, 0.3) is 0 Å². The van der Waals surface area contributed by atoms with Gasteiger partial charge in [-0.2, -0.15) is 5.10 Å².